The Balaban J connectivity index is 1.13. The van der Waals surface area contributed by atoms with Crippen LogP contribution in [-0.2, 0) is 9.59 Å². The molecule has 38 heavy (non-hydrogen) atoms. The van der Waals surface area contributed by atoms with E-state index in [-0.39, 0.29) is 30.2 Å². The molecule has 202 valence electrons. The highest BCUT2D eigenvalue weighted by molar-refractivity contribution is 5.99. The molecule has 0 spiro atoms. The summed E-state index contributed by atoms with van der Waals surface area (Å²) in [6.45, 7) is 1.34. The molecule has 0 radical (unpaired) electrons. The highest BCUT2D eigenvalue weighted by Gasteiger charge is 2.40. The molecule has 1 saturated heterocycles. The van der Waals surface area contributed by atoms with Crippen LogP contribution < -0.4 is 16.0 Å². The van der Waals surface area contributed by atoms with Gasteiger partial charge >= 0.3 is 0 Å². The molecule has 1 aliphatic heterocycles. The van der Waals surface area contributed by atoms with Crippen LogP contribution >= 0.6 is 0 Å². The Hall–Kier alpha value is -3.19. The lowest BCUT2D eigenvalue weighted by Gasteiger charge is -2.34. The molecule has 2 aromatic rings. The van der Waals surface area contributed by atoms with E-state index in [9.17, 15) is 14.4 Å². The van der Waals surface area contributed by atoms with E-state index in [4.69, 9.17) is 0 Å². The molecule has 3 N–H and O–H groups in total. The molecular formula is C31H40N4O3. The van der Waals surface area contributed by atoms with Gasteiger partial charge in [-0.15, -0.1) is 0 Å². The van der Waals surface area contributed by atoms with Crippen molar-refractivity contribution in [1.82, 2.24) is 20.9 Å². The van der Waals surface area contributed by atoms with Crippen molar-refractivity contribution in [3.8, 4) is 0 Å². The van der Waals surface area contributed by atoms with Crippen molar-refractivity contribution < 1.29 is 14.4 Å². The second-order valence-corrected chi connectivity index (χ2v) is 11.1. The predicted octanol–water partition coefficient (Wildman–Crippen LogP) is 3.76. The van der Waals surface area contributed by atoms with Gasteiger partial charge in [-0.1, -0.05) is 67.8 Å². The molecule has 1 heterocycles. The first-order valence-electron chi connectivity index (χ1n) is 14.3. The third kappa shape index (κ3) is 7.01. The van der Waals surface area contributed by atoms with Crippen LogP contribution in [0, 0.1) is 0 Å². The highest BCUT2D eigenvalue weighted by atomic mass is 16.2. The van der Waals surface area contributed by atoms with Crippen molar-refractivity contribution >= 4 is 17.7 Å². The molecule has 3 atom stereocenters. The number of hydrogen-bond acceptors (Lipinski definition) is 4. The average Bonchev–Trinajstić information content (AvgIpc) is 3.73. The Labute approximate surface area is 225 Å². The van der Waals surface area contributed by atoms with Gasteiger partial charge in [0.05, 0.1) is 6.42 Å². The molecule has 0 aromatic heterocycles. The third-order valence-corrected chi connectivity index (χ3v) is 8.30. The topological polar surface area (TPSA) is 90.5 Å². The van der Waals surface area contributed by atoms with Gasteiger partial charge in [-0.05, 0) is 49.8 Å². The number of nitrogens with one attached hydrogen (secondary N) is 3. The molecule has 2 aromatic carbocycles. The molecule has 3 fully saturated rings. The molecule has 3 aliphatic rings. The monoisotopic (exact) mass is 516 g/mol. The maximum absolute atomic E-state index is 13.3. The first kappa shape index (κ1) is 26.4. The van der Waals surface area contributed by atoms with E-state index < -0.39 is 6.04 Å². The van der Waals surface area contributed by atoms with Gasteiger partial charge in [-0.2, -0.15) is 0 Å². The first-order valence-corrected chi connectivity index (χ1v) is 14.3. The fourth-order valence-corrected chi connectivity index (χ4v) is 5.94. The summed E-state index contributed by atoms with van der Waals surface area (Å²) < 4.78 is 0. The smallest absolute Gasteiger partial charge is 0.251 e. The molecule has 0 unspecified atom stereocenters. The third-order valence-electron chi connectivity index (χ3n) is 8.30. The van der Waals surface area contributed by atoms with Crippen LogP contribution in [0.5, 0.6) is 0 Å². The summed E-state index contributed by atoms with van der Waals surface area (Å²) in [6, 6.07) is 19.7. The van der Waals surface area contributed by atoms with E-state index in [2.05, 4.69) is 46.3 Å². The summed E-state index contributed by atoms with van der Waals surface area (Å²) in [5.74, 6) is -0.0732. The zero-order valence-electron chi connectivity index (χ0n) is 22.1. The number of carbonyl (C=O) groups excluding carboxylic acids is 3. The Bertz CT molecular complexity index is 1080. The van der Waals surface area contributed by atoms with Gasteiger partial charge in [0, 0.05) is 42.7 Å². The van der Waals surface area contributed by atoms with E-state index in [1.807, 2.05) is 11.0 Å². The van der Waals surface area contributed by atoms with Crippen LogP contribution in [0.1, 0.15) is 79.6 Å². The van der Waals surface area contributed by atoms with Crippen molar-refractivity contribution in [3.05, 3.63) is 71.8 Å². The minimum atomic E-state index is -0.883. The summed E-state index contributed by atoms with van der Waals surface area (Å²) in [5.41, 5.74) is 1.88. The molecular weight excluding hydrogens is 476 g/mol. The Morgan fingerprint density at radius 1 is 0.816 bits per heavy atom. The number of piperidine rings is 1. The van der Waals surface area contributed by atoms with E-state index in [0.29, 0.717) is 36.7 Å². The largest absolute Gasteiger partial charge is 0.352 e. The van der Waals surface area contributed by atoms with Crippen LogP contribution in [0.4, 0.5) is 0 Å². The molecule has 7 heteroatoms. The first-order chi connectivity index (χ1) is 18.6. The van der Waals surface area contributed by atoms with Gasteiger partial charge in [0.25, 0.3) is 5.91 Å². The molecule has 0 bridgehead atoms. The zero-order valence-corrected chi connectivity index (χ0v) is 22.1. The number of rotatable bonds is 9. The number of benzene rings is 2. The second kappa shape index (κ2) is 12.6. The summed E-state index contributed by atoms with van der Waals surface area (Å²) in [5, 5.41) is 9.74. The van der Waals surface area contributed by atoms with Crippen LogP contribution in [0.15, 0.2) is 60.7 Å². The van der Waals surface area contributed by atoms with Gasteiger partial charge in [0.15, 0.2) is 0 Å². The fraction of sp³-hybridized carbons (Fsp3) is 0.516. The Morgan fingerprint density at radius 3 is 2.16 bits per heavy atom. The van der Waals surface area contributed by atoms with Crippen LogP contribution in [-0.4, -0.2) is 59.9 Å². The summed E-state index contributed by atoms with van der Waals surface area (Å²) >= 11 is 0. The summed E-state index contributed by atoms with van der Waals surface area (Å²) in [4.78, 5) is 41.2. The highest BCUT2D eigenvalue weighted by Crippen LogP contribution is 2.41. The number of carbonyl (C=O) groups is 3. The minimum Gasteiger partial charge on any atom is -0.352 e. The van der Waals surface area contributed by atoms with Crippen LogP contribution in [0.3, 0.4) is 0 Å². The maximum Gasteiger partial charge on any atom is 0.251 e. The predicted molar refractivity (Wildman–Crippen MR) is 148 cm³/mol. The van der Waals surface area contributed by atoms with Gasteiger partial charge < -0.3 is 20.9 Å². The van der Waals surface area contributed by atoms with Gasteiger partial charge in [-0.3, -0.25) is 14.4 Å². The second-order valence-electron chi connectivity index (χ2n) is 11.1. The van der Waals surface area contributed by atoms with Crippen molar-refractivity contribution in [2.24, 2.45) is 0 Å². The zero-order chi connectivity index (χ0) is 26.3. The standard InChI is InChI=1S/C31H40N4O3/c36-29(35-18-16-25(17-19-35)32-27-20-26(27)22-10-4-1-5-11-22)21-28(31(38)33-24-14-8-3-9-15-24)34-30(37)23-12-6-2-7-13-23/h1-2,4-7,10-13,24-28,32H,3,8-9,14-21H2,(H,33,38)(H,34,37)/t26-,27+,28-/m0/s1. The van der Waals surface area contributed by atoms with Crippen molar-refractivity contribution in [3.63, 3.8) is 0 Å². The molecule has 5 rings (SSSR count). The molecule has 2 saturated carbocycles. The number of nitrogens with zero attached hydrogens (tertiary/aromatic N) is 1. The minimum absolute atomic E-state index is 0.0199. The summed E-state index contributed by atoms with van der Waals surface area (Å²) in [7, 11) is 0. The lowest BCUT2D eigenvalue weighted by atomic mass is 9.95. The molecule has 7 nitrogen and oxygen atoms in total. The van der Waals surface area contributed by atoms with Crippen molar-refractivity contribution in [2.75, 3.05) is 13.1 Å². The van der Waals surface area contributed by atoms with Gasteiger partial charge in [-0.25, -0.2) is 0 Å². The van der Waals surface area contributed by atoms with E-state index in [1.54, 1.807) is 24.3 Å². The maximum atomic E-state index is 13.3. The Morgan fingerprint density at radius 2 is 1.47 bits per heavy atom. The fourth-order valence-electron chi connectivity index (χ4n) is 5.94. The molecule has 3 amide bonds. The lowest BCUT2D eigenvalue weighted by Crippen LogP contribution is -2.53. The van der Waals surface area contributed by atoms with Crippen LogP contribution in [0.25, 0.3) is 0 Å². The summed E-state index contributed by atoms with van der Waals surface area (Å²) in [6.07, 6.45) is 8.24. The number of likely N-dealkylation sites (tertiary alicyclic amines) is 1. The van der Waals surface area contributed by atoms with E-state index in [1.165, 1.54) is 18.4 Å². The lowest BCUT2D eigenvalue weighted by molar-refractivity contribution is -0.135. The average molecular weight is 517 g/mol. The van der Waals surface area contributed by atoms with Gasteiger partial charge in [0.2, 0.25) is 11.8 Å². The van der Waals surface area contributed by atoms with E-state index in [0.717, 1.165) is 38.5 Å². The number of hydrogen-bond donors (Lipinski definition) is 3. The van der Waals surface area contributed by atoms with Gasteiger partial charge in [0.1, 0.15) is 6.04 Å². The Kier molecular flexibility index (Phi) is 8.74. The van der Waals surface area contributed by atoms with Crippen LogP contribution in [0.2, 0.25) is 0 Å². The SMILES string of the molecule is O=C(N[C@@H](CC(=O)N1CCC(N[C@@H]2C[C@H]2c2ccccc2)CC1)C(=O)NC1CCCCC1)c1ccccc1. The number of amides is 3. The normalized spacial score (nSPS) is 22.9. The molecule has 2 aliphatic carbocycles. The van der Waals surface area contributed by atoms with Crippen molar-refractivity contribution in [2.45, 2.75) is 87.9 Å². The quantitative estimate of drug-likeness (QED) is 0.473. The van der Waals surface area contributed by atoms with E-state index >= 15 is 0 Å². The van der Waals surface area contributed by atoms with Crippen molar-refractivity contribution in [1.29, 1.82) is 0 Å².